The molecule has 0 bridgehead atoms. The Morgan fingerprint density at radius 1 is 1.27 bits per heavy atom. The van der Waals surface area contributed by atoms with Crippen molar-refractivity contribution in [3.8, 4) is 0 Å². The van der Waals surface area contributed by atoms with Gasteiger partial charge in [-0.3, -0.25) is 24.7 Å². The topological polar surface area (TPSA) is 121 Å². The molecule has 0 spiro atoms. The van der Waals surface area contributed by atoms with Gasteiger partial charge in [0.05, 0.1) is 30.5 Å². The average Bonchev–Trinajstić information content (AvgIpc) is 3.39. The van der Waals surface area contributed by atoms with Crippen LogP contribution >= 0.6 is 0 Å². The second-order valence-electron chi connectivity index (χ2n) is 8.00. The zero-order valence-electron chi connectivity index (χ0n) is 18.0. The summed E-state index contributed by atoms with van der Waals surface area (Å²) in [5.74, 6) is -0.940. The quantitative estimate of drug-likeness (QED) is 0.492. The molecule has 33 heavy (non-hydrogen) atoms. The van der Waals surface area contributed by atoms with Gasteiger partial charge in [-0.05, 0) is 18.2 Å². The Labute approximate surface area is 188 Å². The van der Waals surface area contributed by atoms with E-state index in [4.69, 9.17) is 9.15 Å². The Kier molecular flexibility index (Phi) is 6.45. The highest BCUT2D eigenvalue weighted by Crippen LogP contribution is 2.29. The van der Waals surface area contributed by atoms with Crippen LogP contribution in [0.5, 0.6) is 0 Å². The zero-order valence-corrected chi connectivity index (χ0v) is 18.0. The van der Waals surface area contributed by atoms with Gasteiger partial charge in [-0.1, -0.05) is 0 Å². The lowest BCUT2D eigenvalue weighted by Gasteiger charge is -2.36. The number of hydrogen-bond acceptors (Lipinski definition) is 8. The number of rotatable bonds is 7. The highest BCUT2D eigenvalue weighted by Gasteiger charge is 2.33. The molecule has 11 nitrogen and oxygen atoms in total. The predicted octanol–water partition coefficient (Wildman–Crippen LogP) is 2.11. The lowest BCUT2D eigenvalue weighted by molar-refractivity contribution is -0.402. The molecule has 1 aromatic carbocycles. The van der Waals surface area contributed by atoms with Crippen molar-refractivity contribution < 1.29 is 28.1 Å². The second-order valence-corrected chi connectivity index (χ2v) is 8.00. The molecule has 1 N–H and O–H groups in total. The van der Waals surface area contributed by atoms with Crippen molar-refractivity contribution in [3.05, 3.63) is 52.0 Å². The summed E-state index contributed by atoms with van der Waals surface area (Å²) in [7, 11) is 0. The summed E-state index contributed by atoms with van der Waals surface area (Å²) in [6.45, 7) is 4.81. The van der Waals surface area contributed by atoms with Crippen LogP contribution in [0.15, 0.2) is 34.9 Å². The number of ether oxygens (including phenoxy) is 1. The number of piperazine rings is 1. The largest absolute Gasteiger partial charge is 0.442 e. The average molecular weight is 461 g/mol. The van der Waals surface area contributed by atoms with Gasteiger partial charge >= 0.3 is 12.0 Å². The lowest BCUT2D eigenvalue weighted by Crippen LogP contribution is -2.46. The molecular formula is C21H24FN5O6. The normalized spacial score (nSPS) is 19.0. The molecular weight excluding hydrogens is 437 g/mol. The van der Waals surface area contributed by atoms with E-state index in [1.54, 1.807) is 12.1 Å². The molecule has 2 aromatic rings. The van der Waals surface area contributed by atoms with Crippen LogP contribution in [0.1, 0.15) is 12.5 Å². The molecule has 4 rings (SSSR count). The number of nitrogens with zero attached hydrogens (tertiary/aromatic N) is 4. The minimum atomic E-state index is -0.578. The molecule has 0 unspecified atom stereocenters. The first-order valence-corrected chi connectivity index (χ1v) is 10.5. The van der Waals surface area contributed by atoms with Crippen molar-refractivity contribution in [2.24, 2.45) is 0 Å². The number of amides is 2. The molecule has 12 heteroatoms. The summed E-state index contributed by atoms with van der Waals surface area (Å²) in [6.07, 6.45) is 0.312. The minimum Gasteiger partial charge on any atom is -0.442 e. The van der Waals surface area contributed by atoms with E-state index in [-0.39, 0.29) is 24.9 Å². The summed E-state index contributed by atoms with van der Waals surface area (Å²) in [4.78, 5) is 38.8. The maximum atomic E-state index is 14.9. The SMILES string of the molecule is CC(=O)NC[C@H]1CN(c2ccc(N3CCN(Cc4coc([N+](=O)[O-])c4)CC3)c(F)c2)C(=O)O1. The van der Waals surface area contributed by atoms with Gasteiger partial charge in [0, 0.05) is 45.2 Å². The van der Waals surface area contributed by atoms with Crippen LogP contribution < -0.4 is 15.1 Å². The maximum Gasteiger partial charge on any atom is 0.433 e. The lowest BCUT2D eigenvalue weighted by atomic mass is 10.2. The number of cyclic esters (lactones) is 1. The molecule has 0 aliphatic carbocycles. The van der Waals surface area contributed by atoms with Crippen LogP contribution in [0.4, 0.5) is 26.4 Å². The fraction of sp³-hybridized carbons (Fsp3) is 0.429. The molecule has 2 saturated heterocycles. The Bertz CT molecular complexity index is 1050. The van der Waals surface area contributed by atoms with Crippen LogP contribution in [-0.2, 0) is 16.1 Å². The van der Waals surface area contributed by atoms with Gasteiger partial charge in [0.25, 0.3) is 0 Å². The molecule has 0 saturated carbocycles. The summed E-state index contributed by atoms with van der Waals surface area (Å²) >= 11 is 0. The van der Waals surface area contributed by atoms with Gasteiger partial charge in [-0.25, -0.2) is 9.18 Å². The summed E-state index contributed by atoms with van der Waals surface area (Å²) < 4.78 is 25.1. The summed E-state index contributed by atoms with van der Waals surface area (Å²) in [5.41, 5.74) is 1.56. The third-order valence-corrected chi connectivity index (χ3v) is 5.63. The molecule has 1 atom stereocenters. The Balaban J connectivity index is 1.33. The van der Waals surface area contributed by atoms with Crippen molar-refractivity contribution in [1.82, 2.24) is 10.2 Å². The van der Waals surface area contributed by atoms with Crippen molar-refractivity contribution >= 4 is 29.3 Å². The van der Waals surface area contributed by atoms with E-state index in [1.807, 2.05) is 4.90 Å². The number of carbonyl (C=O) groups excluding carboxylic acids is 2. The number of furan rings is 1. The second kappa shape index (κ2) is 9.45. The van der Waals surface area contributed by atoms with E-state index in [1.165, 1.54) is 30.2 Å². The fourth-order valence-electron chi connectivity index (χ4n) is 3.96. The van der Waals surface area contributed by atoms with Crippen LogP contribution in [-0.4, -0.2) is 67.2 Å². The van der Waals surface area contributed by atoms with E-state index >= 15 is 0 Å². The number of nitro groups is 1. The van der Waals surface area contributed by atoms with E-state index in [2.05, 4.69) is 10.2 Å². The van der Waals surface area contributed by atoms with E-state index in [0.717, 1.165) is 5.56 Å². The fourth-order valence-corrected chi connectivity index (χ4v) is 3.96. The van der Waals surface area contributed by atoms with Crippen molar-refractivity contribution in [3.63, 3.8) is 0 Å². The highest BCUT2D eigenvalue weighted by atomic mass is 19.1. The number of halogens is 1. The third-order valence-electron chi connectivity index (χ3n) is 5.63. The standard InChI is InChI=1S/C21H24FN5O6/c1-14(28)23-10-17-12-26(21(29)33-17)16-2-3-19(18(22)9-16)25-6-4-24(5-7-25)11-15-8-20(27(30)31)32-13-15/h2-3,8-9,13,17H,4-7,10-12H2,1H3,(H,23,28)/t17-/m0/s1. The molecule has 2 aliphatic rings. The van der Waals surface area contributed by atoms with Gasteiger partial charge in [0.1, 0.15) is 23.1 Å². The monoisotopic (exact) mass is 461 g/mol. The summed E-state index contributed by atoms with van der Waals surface area (Å²) in [5, 5.41) is 13.4. The van der Waals surface area contributed by atoms with Crippen LogP contribution in [0, 0.1) is 15.9 Å². The number of nitrogens with one attached hydrogen (secondary N) is 1. The van der Waals surface area contributed by atoms with Gasteiger partial charge in [-0.2, -0.15) is 0 Å². The van der Waals surface area contributed by atoms with Crippen molar-refractivity contribution in [2.75, 3.05) is 49.1 Å². The summed E-state index contributed by atoms with van der Waals surface area (Å²) in [6, 6.07) is 6.05. The Morgan fingerprint density at radius 2 is 2.03 bits per heavy atom. The molecule has 2 fully saturated rings. The van der Waals surface area contributed by atoms with Gasteiger partial charge in [0.2, 0.25) is 5.91 Å². The molecule has 176 valence electrons. The first-order valence-electron chi connectivity index (χ1n) is 10.5. The van der Waals surface area contributed by atoms with E-state index < -0.39 is 22.9 Å². The smallest absolute Gasteiger partial charge is 0.433 e. The Hall–Kier alpha value is -3.67. The predicted molar refractivity (Wildman–Crippen MR) is 116 cm³/mol. The van der Waals surface area contributed by atoms with E-state index in [0.29, 0.717) is 44.1 Å². The highest BCUT2D eigenvalue weighted by molar-refractivity contribution is 5.90. The first kappa shape index (κ1) is 22.5. The molecule has 2 aliphatic heterocycles. The number of benzene rings is 1. The Morgan fingerprint density at radius 3 is 2.67 bits per heavy atom. The van der Waals surface area contributed by atoms with Crippen LogP contribution in [0.2, 0.25) is 0 Å². The van der Waals surface area contributed by atoms with Crippen molar-refractivity contribution in [2.45, 2.75) is 19.6 Å². The number of hydrogen-bond donors (Lipinski definition) is 1. The number of anilines is 2. The van der Waals surface area contributed by atoms with Gasteiger partial charge in [0.15, 0.2) is 0 Å². The van der Waals surface area contributed by atoms with Crippen LogP contribution in [0.25, 0.3) is 0 Å². The van der Waals surface area contributed by atoms with Crippen molar-refractivity contribution in [1.29, 1.82) is 0 Å². The maximum absolute atomic E-state index is 14.9. The van der Waals surface area contributed by atoms with Gasteiger partial charge < -0.3 is 19.4 Å². The zero-order chi connectivity index (χ0) is 23.5. The molecule has 2 amide bonds. The molecule has 1 aromatic heterocycles. The first-order chi connectivity index (χ1) is 15.8. The third kappa shape index (κ3) is 5.22. The number of carbonyl (C=O) groups is 2. The molecule has 3 heterocycles. The van der Waals surface area contributed by atoms with Crippen LogP contribution in [0.3, 0.4) is 0 Å². The minimum absolute atomic E-state index is 0.203. The van der Waals surface area contributed by atoms with Gasteiger partial charge in [-0.15, -0.1) is 0 Å². The molecule has 0 radical (unpaired) electrons. The van der Waals surface area contributed by atoms with E-state index in [9.17, 15) is 24.1 Å².